The van der Waals surface area contributed by atoms with Crippen LogP contribution in [0.4, 0.5) is 17.5 Å². The van der Waals surface area contributed by atoms with Gasteiger partial charge in [0.2, 0.25) is 5.95 Å². The molecular formula is C18H22N4O4S. The lowest BCUT2D eigenvalue weighted by Crippen LogP contribution is -2.33. The predicted molar refractivity (Wildman–Crippen MR) is 103 cm³/mol. The van der Waals surface area contributed by atoms with Crippen LogP contribution in [-0.2, 0) is 14.6 Å². The van der Waals surface area contributed by atoms with Gasteiger partial charge in [-0.05, 0) is 25.5 Å². The van der Waals surface area contributed by atoms with Crippen LogP contribution in [-0.4, -0.2) is 56.1 Å². The summed E-state index contributed by atoms with van der Waals surface area (Å²) in [4.78, 5) is 22.7. The van der Waals surface area contributed by atoms with E-state index in [4.69, 9.17) is 4.74 Å². The van der Waals surface area contributed by atoms with Crippen LogP contribution in [0.25, 0.3) is 0 Å². The average Bonchev–Trinajstić information content (AvgIpc) is 3.00. The number of benzene rings is 1. The standard InChI is InChI=1S/C18H22N4O4S/c1-12-10-16(22(2)13-8-9-27(24,25)11-13)21-18(19-12)20-15-7-5-4-6-14(15)17(23)26-3/h4-7,10,13H,8-9,11H2,1-3H3,(H,19,20,21). The van der Waals surface area contributed by atoms with E-state index in [1.54, 1.807) is 24.3 Å². The summed E-state index contributed by atoms with van der Waals surface area (Å²) in [6.45, 7) is 1.84. The van der Waals surface area contributed by atoms with Crippen LogP contribution in [0.3, 0.4) is 0 Å². The number of hydrogen-bond acceptors (Lipinski definition) is 8. The molecule has 1 saturated heterocycles. The Balaban J connectivity index is 1.88. The minimum atomic E-state index is -2.99. The van der Waals surface area contributed by atoms with Crippen LogP contribution in [0.15, 0.2) is 30.3 Å². The zero-order valence-electron chi connectivity index (χ0n) is 15.5. The van der Waals surface area contributed by atoms with Crippen molar-refractivity contribution in [2.45, 2.75) is 19.4 Å². The van der Waals surface area contributed by atoms with Crippen molar-refractivity contribution in [3.63, 3.8) is 0 Å². The van der Waals surface area contributed by atoms with Gasteiger partial charge in [0.25, 0.3) is 0 Å². The molecule has 1 aromatic heterocycles. The molecule has 1 aliphatic rings. The van der Waals surface area contributed by atoms with E-state index in [0.29, 0.717) is 29.4 Å². The van der Waals surface area contributed by atoms with Gasteiger partial charge in [-0.3, -0.25) is 0 Å². The van der Waals surface area contributed by atoms with Crippen LogP contribution >= 0.6 is 0 Å². The van der Waals surface area contributed by atoms with E-state index in [2.05, 4.69) is 15.3 Å². The molecule has 0 radical (unpaired) electrons. The first-order valence-electron chi connectivity index (χ1n) is 8.52. The molecule has 144 valence electrons. The molecule has 0 saturated carbocycles. The van der Waals surface area contributed by atoms with Gasteiger partial charge in [0.15, 0.2) is 9.84 Å². The summed E-state index contributed by atoms with van der Waals surface area (Å²) in [6, 6.07) is 8.63. The van der Waals surface area contributed by atoms with Crippen molar-refractivity contribution in [2.75, 3.05) is 35.9 Å². The second-order valence-electron chi connectivity index (χ2n) is 6.52. The Morgan fingerprint density at radius 2 is 2.04 bits per heavy atom. The van der Waals surface area contributed by atoms with E-state index in [1.165, 1.54) is 7.11 Å². The van der Waals surface area contributed by atoms with Crippen LogP contribution in [0.5, 0.6) is 0 Å². The van der Waals surface area contributed by atoms with Crippen molar-refractivity contribution in [1.82, 2.24) is 9.97 Å². The third-order valence-corrected chi connectivity index (χ3v) is 6.29. The molecule has 1 atom stereocenters. The molecule has 1 aliphatic heterocycles. The molecule has 0 amide bonds. The Bertz CT molecular complexity index is 962. The summed E-state index contributed by atoms with van der Waals surface area (Å²) in [5, 5.41) is 3.06. The third-order valence-electron chi connectivity index (χ3n) is 4.54. The number of nitrogens with zero attached hydrogens (tertiary/aromatic N) is 3. The van der Waals surface area contributed by atoms with E-state index in [-0.39, 0.29) is 17.5 Å². The van der Waals surface area contributed by atoms with Crippen molar-refractivity contribution in [1.29, 1.82) is 0 Å². The first kappa shape index (κ1) is 19.1. The zero-order valence-corrected chi connectivity index (χ0v) is 16.3. The number of hydrogen-bond donors (Lipinski definition) is 1. The lowest BCUT2D eigenvalue weighted by molar-refractivity contribution is 0.0602. The first-order chi connectivity index (χ1) is 12.8. The predicted octanol–water partition coefficient (Wildman–Crippen LogP) is 1.94. The van der Waals surface area contributed by atoms with Crippen LogP contribution in [0, 0.1) is 6.92 Å². The van der Waals surface area contributed by atoms with Gasteiger partial charge >= 0.3 is 5.97 Å². The Hall–Kier alpha value is -2.68. The molecule has 9 heteroatoms. The Labute approximate surface area is 158 Å². The highest BCUT2D eigenvalue weighted by Gasteiger charge is 2.31. The number of carbonyl (C=O) groups is 1. The molecule has 0 bridgehead atoms. The summed E-state index contributed by atoms with van der Waals surface area (Å²) in [5.41, 5.74) is 1.64. The summed E-state index contributed by atoms with van der Waals surface area (Å²) < 4.78 is 28.3. The van der Waals surface area contributed by atoms with E-state index in [9.17, 15) is 13.2 Å². The first-order valence-corrected chi connectivity index (χ1v) is 10.3. The van der Waals surface area contributed by atoms with Gasteiger partial charge < -0.3 is 15.0 Å². The van der Waals surface area contributed by atoms with Gasteiger partial charge in [0.05, 0.1) is 29.9 Å². The SMILES string of the molecule is COC(=O)c1ccccc1Nc1nc(C)cc(N(C)C2CCS(=O)(=O)C2)n1. The van der Waals surface area contributed by atoms with Gasteiger partial charge in [-0.15, -0.1) is 0 Å². The summed E-state index contributed by atoms with van der Waals surface area (Å²) in [6.07, 6.45) is 0.579. The molecule has 3 rings (SSSR count). The number of esters is 1. The molecule has 2 heterocycles. The fourth-order valence-electron chi connectivity index (χ4n) is 3.06. The highest BCUT2D eigenvalue weighted by Crippen LogP contribution is 2.25. The van der Waals surface area contributed by atoms with Gasteiger partial charge in [0.1, 0.15) is 5.82 Å². The monoisotopic (exact) mass is 390 g/mol. The van der Waals surface area contributed by atoms with Gasteiger partial charge in [-0.1, -0.05) is 12.1 Å². The van der Waals surface area contributed by atoms with Crippen molar-refractivity contribution >= 4 is 33.3 Å². The maximum atomic E-state index is 11.9. The quantitative estimate of drug-likeness (QED) is 0.773. The largest absolute Gasteiger partial charge is 0.465 e. The molecule has 1 unspecified atom stereocenters. The summed E-state index contributed by atoms with van der Waals surface area (Å²) >= 11 is 0. The Morgan fingerprint density at radius 3 is 2.70 bits per heavy atom. The van der Waals surface area contributed by atoms with Crippen molar-refractivity contribution in [2.24, 2.45) is 0 Å². The summed E-state index contributed by atoms with van der Waals surface area (Å²) in [5.74, 6) is 0.820. The van der Waals surface area contributed by atoms with Crippen LogP contribution < -0.4 is 10.2 Å². The molecule has 0 spiro atoms. The van der Waals surface area contributed by atoms with Gasteiger partial charge in [0, 0.05) is 24.8 Å². The number of ether oxygens (including phenoxy) is 1. The number of methoxy groups -OCH3 is 1. The molecular weight excluding hydrogens is 368 g/mol. The average molecular weight is 390 g/mol. The zero-order chi connectivity index (χ0) is 19.6. The number of nitrogens with one attached hydrogen (secondary N) is 1. The molecule has 27 heavy (non-hydrogen) atoms. The van der Waals surface area contributed by atoms with Crippen LogP contribution in [0.2, 0.25) is 0 Å². The minimum Gasteiger partial charge on any atom is -0.465 e. The molecule has 2 aromatic rings. The van der Waals surface area contributed by atoms with E-state index in [0.717, 1.165) is 5.69 Å². The molecule has 0 aliphatic carbocycles. The highest BCUT2D eigenvalue weighted by molar-refractivity contribution is 7.91. The number of aryl methyl sites for hydroxylation is 1. The lowest BCUT2D eigenvalue weighted by atomic mass is 10.2. The fraction of sp³-hybridized carbons (Fsp3) is 0.389. The second-order valence-corrected chi connectivity index (χ2v) is 8.75. The minimum absolute atomic E-state index is 0.112. The van der Waals surface area contributed by atoms with E-state index >= 15 is 0 Å². The van der Waals surface area contributed by atoms with Crippen LogP contribution in [0.1, 0.15) is 22.5 Å². The number of anilines is 3. The highest BCUT2D eigenvalue weighted by atomic mass is 32.2. The maximum Gasteiger partial charge on any atom is 0.339 e. The van der Waals surface area contributed by atoms with E-state index < -0.39 is 15.8 Å². The smallest absolute Gasteiger partial charge is 0.339 e. The normalized spacial score (nSPS) is 18.1. The molecule has 1 N–H and O–H groups in total. The Morgan fingerprint density at radius 1 is 1.30 bits per heavy atom. The maximum absolute atomic E-state index is 11.9. The number of sulfone groups is 1. The molecule has 8 nitrogen and oxygen atoms in total. The van der Waals surface area contributed by atoms with Crippen molar-refractivity contribution in [3.05, 3.63) is 41.6 Å². The number of para-hydroxylation sites is 1. The molecule has 1 fully saturated rings. The summed E-state index contributed by atoms with van der Waals surface area (Å²) in [7, 11) is 0.170. The molecule has 1 aromatic carbocycles. The number of aromatic nitrogens is 2. The fourth-order valence-corrected chi connectivity index (χ4v) is 4.83. The van der Waals surface area contributed by atoms with E-state index in [1.807, 2.05) is 24.9 Å². The number of carbonyl (C=O) groups excluding carboxylic acids is 1. The van der Waals surface area contributed by atoms with Crippen molar-refractivity contribution < 1.29 is 17.9 Å². The second kappa shape index (κ2) is 7.51. The van der Waals surface area contributed by atoms with Gasteiger partial charge in [-0.25, -0.2) is 18.2 Å². The topological polar surface area (TPSA) is 101 Å². The lowest BCUT2D eigenvalue weighted by Gasteiger charge is -2.25. The third kappa shape index (κ3) is 4.36. The Kier molecular flexibility index (Phi) is 5.31. The number of rotatable bonds is 5. The van der Waals surface area contributed by atoms with Gasteiger partial charge in [-0.2, -0.15) is 4.98 Å². The van der Waals surface area contributed by atoms with Crippen molar-refractivity contribution in [3.8, 4) is 0 Å².